The topological polar surface area (TPSA) is 91.5 Å². The average molecular weight is 527 g/mol. The number of aromatic nitrogens is 2. The maximum absolute atomic E-state index is 14.0. The normalized spacial score (nSPS) is 19.5. The number of nitrogens with zero attached hydrogens (tertiary/aromatic N) is 2. The van der Waals surface area contributed by atoms with Crippen LogP contribution in [-0.2, 0) is 10.9 Å². The molecule has 3 N–H and O–H groups in total. The van der Waals surface area contributed by atoms with Gasteiger partial charge in [0.25, 0.3) is 5.92 Å². The van der Waals surface area contributed by atoms with Gasteiger partial charge in [-0.1, -0.05) is 0 Å². The van der Waals surface area contributed by atoms with Crippen molar-refractivity contribution in [3.05, 3.63) is 47.3 Å². The number of rotatable bonds is 9. The fraction of sp³-hybridized carbons (Fsp3) is 0.440. The Morgan fingerprint density at radius 1 is 1.05 bits per heavy atom. The van der Waals surface area contributed by atoms with Crippen molar-refractivity contribution in [2.45, 2.75) is 38.4 Å². The largest absolute Gasteiger partial charge is 0.493 e. The number of nitrogens with one attached hydrogen (secondary N) is 1. The van der Waals surface area contributed by atoms with Crippen LogP contribution in [0.1, 0.15) is 36.3 Å². The molecule has 1 aromatic heterocycles. The molecular weight excluding hydrogens is 499 g/mol. The second-order valence-corrected chi connectivity index (χ2v) is 9.28. The van der Waals surface area contributed by atoms with Crippen LogP contribution in [0.5, 0.6) is 11.5 Å². The Hall–Kier alpha value is -3.41. The molecule has 2 atom stereocenters. The van der Waals surface area contributed by atoms with Crippen LogP contribution in [0, 0.1) is 12.3 Å². The Morgan fingerprint density at radius 2 is 1.76 bits per heavy atom. The third-order valence-corrected chi connectivity index (χ3v) is 6.39. The van der Waals surface area contributed by atoms with Crippen LogP contribution in [-0.4, -0.2) is 43.3 Å². The number of methoxy groups -OCH3 is 2. The number of hydrogen-bond acceptors (Lipinski definition) is 7. The molecule has 4 rings (SSSR count). The summed E-state index contributed by atoms with van der Waals surface area (Å²) in [6.45, 7) is 2.87. The van der Waals surface area contributed by atoms with E-state index in [1.165, 1.54) is 20.3 Å². The highest BCUT2D eigenvalue weighted by molar-refractivity contribution is 5.92. The Balaban J connectivity index is 1.68. The van der Waals surface area contributed by atoms with E-state index >= 15 is 0 Å². The number of hydrogen-bond donors (Lipinski definition) is 2. The van der Waals surface area contributed by atoms with Gasteiger partial charge < -0.3 is 25.3 Å². The quantitative estimate of drug-likeness (QED) is 0.270. The van der Waals surface area contributed by atoms with Gasteiger partial charge in [-0.2, -0.15) is 13.2 Å². The number of alkyl halides is 5. The predicted octanol–water partition coefficient (Wildman–Crippen LogP) is 5.77. The first-order valence-corrected chi connectivity index (χ1v) is 11.4. The van der Waals surface area contributed by atoms with Gasteiger partial charge in [-0.15, -0.1) is 0 Å². The Bertz CT molecular complexity index is 1320. The molecule has 1 heterocycles. The molecule has 0 saturated heterocycles. The lowest BCUT2D eigenvalue weighted by atomic mass is 10.0. The number of anilines is 2. The van der Waals surface area contributed by atoms with Crippen molar-refractivity contribution in [3.8, 4) is 11.5 Å². The number of ether oxygens (including phenoxy) is 3. The zero-order valence-electron chi connectivity index (χ0n) is 20.7. The lowest BCUT2D eigenvalue weighted by molar-refractivity contribution is -0.137. The molecule has 0 radical (unpaired) electrons. The van der Waals surface area contributed by atoms with Crippen molar-refractivity contribution in [2.75, 3.05) is 38.5 Å². The van der Waals surface area contributed by atoms with Crippen molar-refractivity contribution < 1.29 is 36.2 Å². The number of aryl methyl sites for hydroxylation is 1. The number of nitrogen functional groups attached to an aromatic ring is 1. The van der Waals surface area contributed by atoms with E-state index in [0.717, 1.165) is 12.1 Å². The number of benzene rings is 2. The first-order chi connectivity index (χ1) is 17.3. The van der Waals surface area contributed by atoms with Gasteiger partial charge in [0.2, 0.25) is 0 Å². The van der Waals surface area contributed by atoms with Crippen LogP contribution in [0.25, 0.3) is 10.9 Å². The molecule has 1 fully saturated rings. The van der Waals surface area contributed by atoms with E-state index in [2.05, 4.69) is 15.3 Å². The van der Waals surface area contributed by atoms with Gasteiger partial charge in [0, 0.05) is 30.7 Å². The zero-order valence-corrected chi connectivity index (χ0v) is 20.7. The van der Waals surface area contributed by atoms with E-state index in [9.17, 15) is 22.0 Å². The molecule has 200 valence electrons. The minimum absolute atomic E-state index is 0.0236. The monoisotopic (exact) mass is 526 g/mol. The number of fused-ring (bicyclic) bond motifs is 1. The molecular formula is C25H27F5N4O3. The molecule has 7 nitrogen and oxygen atoms in total. The van der Waals surface area contributed by atoms with Crippen LogP contribution in [0.15, 0.2) is 30.3 Å². The van der Waals surface area contributed by atoms with E-state index in [1.54, 1.807) is 26.0 Å². The highest BCUT2D eigenvalue weighted by atomic mass is 19.4. The third-order valence-electron chi connectivity index (χ3n) is 6.39. The van der Waals surface area contributed by atoms with Crippen molar-refractivity contribution in [1.82, 2.24) is 9.97 Å². The van der Waals surface area contributed by atoms with Crippen molar-refractivity contribution in [3.63, 3.8) is 0 Å². The fourth-order valence-corrected chi connectivity index (χ4v) is 4.24. The fourth-order valence-electron chi connectivity index (χ4n) is 4.24. The molecule has 0 spiro atoms. The van der Waals surface area contributed by atoms with Gasteiger partial charge in [0.15, 0.2) is 11.5 Å². The number of halogens is 5. The van der Waals surface area contributed by atoms with Gasteiger partial charge in [-0.25, -0.2) is 18.7 Å². The minimum Gasteiger partial charge on any atom is -0.493 e. The van der Waals surface area contributed by atoms with E-state index in [0.29, 0.717) is 28.1 Å². The maximum Gasteiger partial charge on any atom is 0.416 e. The molecule has 12 heteroatoms. The molecule has 1 aliphatic rings. The lowest BCUT2D eigenvalue weighted by Crippen LogP contribution is -2.25. The van der Waals surface area contributed by atoms with Crippen LogP contribution in [0.2, 0.25) is 0 Å². The van der Waals surface area contributed by atoms with E-state index in [-0.39, 0.29) is 36.8 Å². The minimum atomic E-state index is -4.55. The molecule has 0 amide bonds. The molecule has 1 saturated carbocycles. The van der Waals surface area contributed by atoms with Gasteiger partial charge in [-0.05, 0) is 43.7 Å². The first kappa shape index (κ1) is 26.6. The van der Waals surface area contributed by atoms with Crippen LogP contribution >= 0.6 is 0 Å². The summed E-state index contributed by atoms with van der Waals surface area (Å²) in [4.78, 5) is 8.82. The Labute approximate surface area is 210 Å². The van der Waals surface area contributed by atoms with Crippen LogP contribution in [0.3, 0.4) is 0 Å². The first-order valence-electron chi connectivity index (χ1n) is 11.4. The standard InChI is InChI=1S/C25H27F5N4O3/c1-13(15-5-16(25(28,29)30)7-17(31)6-15)32-22-18-8-21(20(36-4)9-19(18)33-14(2)34-22)37-12-23(11-35-3)10-24(23,26)27/h5-9,13H,10-12,31H2,1-4H3,(H,32,33,34)/t13-,23?/m1/s1. The molecule has 0 bridgehead atoms. The highest BCUT2D eigenvalue weighted by Crippen LogP contribution is 2.60. The highest BCUT2D eigenvalue weighted by Gasteiger charge is 2.71. The predicted molar refractivity (Wildman–Crippen MR) is 128 cm³/mol. The average Bonchev–Trinajstić information content (AvgIpc) is 3.35. The summed E-state index contributed by atoms with van der Waals surface area (Å²) >= 11 is 0. The SMILES string of the molecule is COCC1(COc2cc3c(N[C@H](C)c4cc(N)cc(C(F)(F)F)c4)nc(C)nc3cc2OC)CC1(F)F. The summed E-state index contributed by atoms with van der Waals surface area (Å²) in [6, 6.07) is 5.87. The van der Waals surface area contributed by atoms with Crippen LogP contribution in [0.4, 0.5) is 33.5 Å². The summed E-state index contributed by atoms with van der Waals surface area (Å²) in [5.41, 5.74) is 4.19. The molecule has 0 aliphatic heterocycles. The second kappa shape index (κ2) is 9.47. The number of nitrogens with two attached hydrogens (primary N) is 1. The van der Waals surface area contributed by atoms with Gasteiger partial charge in [0.1, 0.15) is 18.2 Å². The molecule has 3 aromatic rings. The van der Waals surface area contributed by atoms with E-state index in [1.807, 2.05) is 0 Å². The van der Waals surface area contributed by atoms with Gasteiger partial charge in [0.05, 0.1) is 36.3 Å². The summed E-state index contributed by atoms with van der Waals surface area (Å²) in [5, 5.41) is 3.59. The smallest absolute Gasteiger partial charge is 0.416 e. The molecule has 37 heavy (non-hydrogen) atoms. The second-order valence-electron chi connectivity index (χ2n) is 9.28. The zero-order chi connectivity index (χ0) is 27.2. The van der Waals surface area contributed by atoms with E-state index < -0.39 is 29.1 Å². The van der Waals surface area contributed by atoms with Gasteiger partial charge in [-0.3, -0.25) is 0 Å². The van der Waals surface area contributed by atoms with E-state index in [4.69, 9.17) is 19.9 Å². The Morgan fingerprint density at radius 3 is 2.35 bits per heavy atom. The molecule has 1 aliphatic carbocycles. The molecule has 2 aromatic carbocycles. The van der Waals surface area contributed by atoms with Crippen molar-refractivity contribution in [1.29, 1.82) is 0 Å². The summed E-state index contributed by atoms with van der Waals surface area (Å²) < 4.78 is 84.1. The summed E-state index contributed by atoms with van der Waals surface area (Å²) in [7, 11) is 2.77. The Kier molecular flexibility index (Phi) is 6.82. The van der Waals surface area contributed by atoms with Crippen LogP contribution < -0.4 is 20.5 Å². The third kappa shape index (κ3) is 5.34. The summed E-state index contributed by atoms with van der Waals surface area (Å²) in [5.74, 6) is -1.70. The van der Waals surface area contributed by atoms with Crippen molar-refractivity contribution in [2.24, 2.45) is 5.41 Å². The lowest BCUT2D eigenvalue weighted by Gasteiger charge is -2.20. The maximum atomic E-state index is 14.0. The van der Waals surface area contributed by atoms with Gasteiger partial charge >= 0.3 is 6.18 Å². The molecule has 1 unspecified atom stereocenters. The summed E-state index contributed by atoms with van der Waals surface area (Å²) in [6.07, 6.45) is -4.90. The van der Waals surface area contributed by atoms with Crippen molar-refractivity contribution >= 4 is 22.4 Å².